The summed E-state index contributed by atoms with van der Waals surface area (Å²) in [7, 11) is 3.43. The molecule has 1 aromatic carbocycles. The number of aromatic nitrogens is 3. The average Bonchev–Trinajstić information content (AvgIpc) is 3.30. The summed E-state index contributed by atoms with van der Waals surface area (Å²) in [6, 6.07) is 10.0. The number of carbonyl (C=O) groups is 2. The maximum Gasteiger partial charge on any atom is 0.273 e. The van der Waals surface area contributed by atoms with E-state index in [9.17, 15) is 9.59 Å². The number of hydrogen-bond donors (Lipinski definition) is 1. The van der Waals surface area contributed by atoms with Crippen LogP contribution in [0.5, 0.6) is 0 Å². The van der Waals surface area contributed by atoms with Crippen LogP contribution in [0.4, 0.5) is 0 Å². The number of carbonyl (C=O) groups excluding carboxylic acids is 2. The number of fused-ring (bicyclic) bond motifs is 2. The second kappa shape index (κ2) is 7.50. The van der Waals surface area contributed by atoms with Crippen molar-refractivity contribution >= 4 is 22.7 Å². The molecule has 0 bridgehead atoms. The van der Waals surface area contributed by atoms with Gasteiger partial charge in [-0.25, -0.2) is 0 Å². The van der Waals surface area contributed by atoms with Gasteiger partial charge in [0.05, 0.1) is 18.8 Å². The normalized spacial score (nSPS) is 13.6. The summed E-state index contributed by atoms with van der Waals surface area (Å²) < 4.78 is 1.84. The molecule has 1 aliphatic heterocycles. The topological polar surface area (TPSA) is 74.2 Å². The van der Waals surface area contributed by atoms with Crippen molar-refractivity contribution in [1.82, 2.24) is 24.6 Å². The lowest BCUT2D eigenvalue weighted by atomic mass is 10.1. The number of amides is 2. The summed E-state index contributed by atoms with van der Waals surface area (Å²) in [4.78, 5) is 31.4. The summed E-state index contributed by atoms with van der Waals surface area (Å²) in [5, 5.41) is 5.61. The van der Waals surface area contributed by atoms with Crippen LogP contribution in [0.15, 0.2) is 36.5 Å². The highest BCUT2D eigenvalue weighted by atomic mass is 16.2. The van der Waals surface area contributed by atoms with Crippen LogP contribution in [0.1, 0.15) is 34.6 Å². The van der Waals surface area contributed by atoms with Gasteiger partial charge in [0.15, 0.2) is 5.69 Å². The molecule has 146 valence electrons. The highest BCUT2D eigenvalue weighted by molar-refractivity contribution is 5.92. The average molecular weight is 379 g/mol. The lowest BCUT2D eigenvalue weighted by molar-refractivity contribution is -0.132. The summed E-state index contributed by atoms with van der Waals surface area (Å²) in [6.45, 7) is 1.78. The fourth-order valence-electron chi connectivity index (χ4n) is 3.74. The zero-order valence-corrected chi connectivity index (χ0v) is 16.3. The van der Waals surface area contributed by atoms with Crippen molar-refractivity contribution < 1.29 is 9.59 Å². The van der Waals surface area contributed by atoms with Crippen molar-refractivity contribution in [2.75, 3.05) is 20.6 Å². The standard InChI is InChI=1S/C21H25N5O2/c1-24(2)21(28)19-12-16-14-25(10-11-26(16)23-19)20(27)9-5-6-15-13-22-18-8-4-3-7-17(15)18/h3-4,7-8,12-13,22H,5-6,9-11,14H2,1-2H3. The second-order valence-corrected chi connectivity index (χ2v) is 7.47. The molecule has 1 N–H and O–H groups in total. The number of para-hydroxylation sites is 1. The molecule has 0 radical (unpaired) electrons. The van der Waals surface area contributed by atoms with E-state index < -0.39 is 0 Å². The first-order valence-electron chi connectivity index (χ1n) is 9.64. The first-order chi connectivity index (χ1) is 13.5. The fourth-order valence-corrected chi connectivity index (χ4v) is 3.74. The number of nitrogens with one attached hydrogen (secondary N) is 1. The van der Waals surface area contributed by atoms with Crippen molar-refractivity contribution in [2.45, 2.75) is 32.4 Å². The molecule has 0 fully saturated rings. The molecule has 1 aliphatic rings. The maximum atomic E-state index is 12.7. The van der Waals surface area contributed by atoms with Crippen LogP contribution in [-0.2, 0) is 24.3 Å². The Morgan fingerprint density at radius 2 is 2.04 bits per heavy atom. The summed E-state index contributed by atoms with van der Waals surface area (Å²) >= 11 is 0. The molecular weight excluding hydrogens is 354 g/mol. The molecule has 0 saturated carbocycles. The summed E-state index contributed by atoms with van der Waals surface area (Å²) in [5.74, 6) is 0.0475. The third-order valence-electron chi connectivity index (χ3n) is 5.29. The predicted octanol–water partition coefficient (Wildman–Crippen LogP) is 2.43. The van der Waals surface area contributed by atoms with Gasteiger partial charge < -0.3 is 14.8 Å². The lowest BCUT2D eigenvalue weighted by Gasteiger charge is -2.27. The van der Waals surface area contributed by atoms with E-state index in [4.69, 9.17) is 0 Å². The molecule has 7 heteroatoms. The van der Waals surface area contributed by atoms with E-state index in [1.807, 2.05) is 27.9 Å². The molecule has 0 saturated heterocycles. The summed E-state index contributed by atoms with van der Waals surface area (Å²) in [6.07, 6.45) is 4.26. The van der Waals surface area contributed by atoms with Gasteiger partial charge in [-0.15, -0.1) is 0 Å². The van der Waals surface area contributed by atoms with Crippen LogP contribution in [0.3, 0.4) is 0 Å². The van der Waals surface area contributed by atoms with E-state index in [1.54, 1.807) is 20.2 Å². The monoisotopic (exact) mass is 379 g/mol. The van der Waals surface area contributed by atoms with Crippen molar-refractivity contribution in [1.29, 1.82) is 0 Å². The fraction of sp³-hybridized carbons (Fsp3) is 0.381. The number of aryl methyl sites for hydroxylation is 1. The Hall–Kier alpha value is -3.09. The smallest absolute Gasteiger partial charge is 0.273 e. The molecule has 28 heavy (non-hydrogen) atoms. The predicted molar refractivity (Wildman–Crippen MR) is 107 cm³/mol. The maximum absolute atomic E-state index is 12.7. The number of hydrogen-bond acceptors (Lipinski definition) is 3. The molecule has 2 amide bonds. The molecule has 0 unspecified atom stereocenters. The van der Waals surface area contributed by atoms with Gasteiger partial charge in [-0.2, -0.15) is 5.10 Å². The SMILES string of the molecule is CN(C)C(=O)c1cc2n(n1)CCN(C(=O)CCCc1c[nH]c3ccccc13)C2. The third-order valence-corrected chi connectivity index (χ3v) is 5.29. The van der Waals surface area contributed by atoms with Crippen LogP contribution in [0.25, 0.3) is 10.9 Å². The number of nitrogens with zero attached hydrogens (tertiary/aromatic N) is 4. The van der Waals surface area contributed by atoms with E-state index in [0.717, 1.165) is 24.1 Å². The molecule has 0 aliphatic carbocycles. The van der Waals surface area contributed by atoms with E-state index in [-0.39, 0.29) is 11.8 Å². The van der Waals surface area contributed by atoms with Gasteiger partial charge in [0.1, 0.15) is 0 Å². The highest BCUT2D eigenvalue weighted by Gasteiger charge is 2.24. The minimum absolute atomic E-state index is 0.112. The van der Waals surface area contributed by atoms with E-state index in [2.05, 4.69) is 22.2 Å². The van der Waals surface area contributed by atoms with Crippen molar-refractivity contribution in [3.8, 4) is 0 Å². The third kappa shape index (κ3) is 3.52. The zero-order valence-electron chi connectivity index (χ0n) is 16.3. The number of benzene rings is 1. The lowest BCUT2D eigenvalue weighted by Crippen LogP contribution is -2.38. The molecule has 3 aromatic rings. The molecule has 3 heterocycles. The van der Waals surface area contributed by atoms with Crippen LogP contribution >= 0.6 is 0 Å². The van der Waals surface area contributed by atoms with Gasteiger partial charge >= 0.3 is 0 Å². The van der Waals surface area contributed by atoms with E-state index in [1.165, 1.54) is 15.8 Å². The van der Waals surface area contributed by atoms with Crippen molar-refractivity contribution in [2.24, 2.45) is 0 Å². The Bertz CT molecular complexity index is 1020. The molecule has 7 nitrogen and oxygen atoms in total. The molecule has 2 aromatic heterocycles. The molecule has 4 rings (SSSR count). The number of aromatic amines is 1. The highest BCUT2D eigenvalue weighted by Crippen LogP contribution is 2.20. The van der Waals surface area contributed by atoms with Crippen LogP contribution < -0.4 is 0 Å². The molecule has 0 spiro atoms. The van der Waals surface area contributed by atoms with Gasteiger partial charge in [-0.05, 0) is 30.5 Å². The summed E-state index contributed by atoms with van der Waals surface area (Å²) in [5.41, 5.74) is 3.75. The van der Waals surface area contributed by atoms with E-state index >= 15 is 0 Å². The minimum atomic E-state index is -0.112. The Kier molecular flexibility index (Phi) is 4.90. The number of rotatable bonds is 5. The molecular formula is C21H25N5O2. The van der Waals surface area contributed by atoms with Gasteiger partial charge in [-0.1, -0.05) is 18.2 Å². The first kappa shape index (κ1) is 18.3. The van der Waals surface area contributed by atoms with Gasteiger partial charge in [0, 0.05) is 44.2 Å². The largest absolute Gasteiger partial charge is 0.361 e. The second-order valence-electron chi connectivity index (χ2n) is 7.47. The van der Waals surface area contributed by atoms with E-state index in [0.29, 0.717) is 31.7 Å². The van der Waals surface area contributed by atoms with Crippen LogP contribution in [0.2, 0.25) is 0 Å². The molecule has 0 atom stereocenters. The van der Waals surface area contributed by atoms with Crippen LogP contribution in [0, 0.1) is 0 Å². The minimum Gasteiger partial charge on any atom is -0.361 e. The van der Waals surface area contributed by atoms with Crippen molar-refractivity contribution in [3.05, 3.63) is 53.5 Å². The zero-order chi connectivity index (χ0) is 19.7. The van der Waals surface area contributed by atoms with Gasteiger partial charge in [-0.3, -0.25) is 14.3 Å². The quantitative estimate of drug-likeness (QED) is 0.740. The Morgan fingerprint density at radius 3 is 2.86 bits per heavy atom. The Balaban J connectivity index is 1.34. The first-order valence-corrected chi connectivity index (χ1v) is 9.64. The Labute approximate surface area is 163 Å². The number of H-pyrrole nitrogens is 1. The van der Waals surface area contributed by atoms with Gasteiger partial charge in [0.2, 0.25) is 5.91 Å². The van der Waals surface area contributed by atoms with Gasteiger partial charge in [0.25, 0.3) is 5.91 Å². The van der Waals surface area contributed by atoms with Crippen molar-refractivity contribution in [3.63, 3.8) is 0 Å². The Morgan fingerprint density at radius 1 is 1.21 bits per heavy atom. The van der Waals surface area contributed by atoms with Crippen LogP contribution in [-0.4, -0.2) is 57.0 Å².